The third-order valence-corrected chi connectivity index (χ3v) is 4.11. The van der Waals surface area contributed by atoms with Gasteiger partial charge in [-0.25, -0.2) is 0 Å². The summed E-state index contributed by atoms with van der Waals surface area (Å²) in [5.41, 5.74) is 2.02. The fourth-order valence-electron chi connectivity index (χ4n) is 2.38. The van der Waals surface area contributed by atoms with Gasteiger partial charge in [0.1, 0.15) is 16.5 Å². The number of nitro benzene ring substituents is 1. The molecule has 0 saturated carbocycles. The van der Waals surface area contributed by atoms with Crippen LogP contribution in [-0.2, 0) is 0 Å². The van der Waals surface area contributed by atoms with Crippen LogP contribution in [-0.4, -0.2) is 10.7 Å². The molecule has 1 aromatic heterocycles. The highest BCUT2D eigenvalue weighted by molar-refractivity contribution is 6.32. The van der Waals surface area contributed by atoms with Gasteiger partial charge in [0, 0.05) is 17.2 Å². The van der Waals surface area contributed by atoms with Crippen molar-refractivity contribution in [1.82, 2.24) is 0 Å². The monoisotopic (exact) mass is 367 g/mol. The summed E-state index contributed by atoms with van der Waals surface area (Å²) in [6.07, 6.45) is 2.99. The average molecular weight is 368 g/mol. The van der Waals surface area contributed by atoms with Crippen molar-refractivity contribution < 1.29 is 14.1 Å². The number of allylic oxidation sites excluding steroid dienone is 1. The molecule has 0 aliphatic carbocycles. The van der Waals surface area contributed by atoms with Crippen LogP contribution in [0.5, 0.6) is 0 Å². The summed E-state index contributed by atoms with van der Waals surface area (Å²) in [6, 6.07) is 15.1. The van der Waals surface area contributed by atoms with Crippen molar-refractivity contribution in [2.24, 2.45) is 0 Å². The molecule has 0 spiro atoms. The largest absolute Gasteiger partial charge is 0.457 e. The number of ketones is 1. The summed E-state index contributed by atoms with van der Waals surface area (Å²) in [6.45, 7) is 1.95. The zero-order valence-electron chi connectivity index (χ0n) is 13.8. The zero-order chi connectivity index (χ0) is 18.7. The van der Waals surface area contributed by atoms with E-state index in [1.54, 1.807) is 36.4 Å². The average Bonchev–Trinajstić information content (AvgIpc) is 3.09. The van der Waals surface area contributed by atoms with Crippen LogP contribution in [0.2, 0.25) is 5.02 Å². The van der Waals surface area contributed by atoms with Gasteiger partial charge in [0.05, 0.1) is 4.92 Å². The van der Waals surface area contributed by atoms with Crippen molar-refractivity contribution in [1.29, 1.82) is 0 Å². The van der Waals surface area contributed by atoms with Gasteiger partial charge < -0.3 is 4.42 Å². The first-order valence-electron chi connectivity index (χ1n) is 7.77. The zero-order valence-corrected chi connectivity index (χ0v) is 14.6. The van der Waals surface area contributed by atoms with Gasteiger partial charge in [0.25, 0.3) is 5.69 Å². The van der Waals surface area contributed by atoms with Gasteiger partial charge in [0.2, 0.25) is 0 Å². The highest BCUT2D eigenvalue weighted by atomic mass is 35.5. The summed E-state index contributed by atoms with van der Waals surface area (Å²) < 4.78 is 5.64. The number of nitro groups is 1. The second kappa shape index (κ2) is 7.37. The first kappa shape index (κ1) is 17.6. The highest BCUT2D eigenvalue weighted by Gasteiger charge is 2.15. The summed E-state index contributed by atoms with van der Waals surface area (Å²) in [7, 11) is 0. The van der Waals surface area contributed by atoms with Crippen molar-refractivity contribution in [3.05, 3.63) is 92.7 Å². The molecule has 3 aromatic rings. The molecular weight excluding hydrogens is 354 g/mol. The van der Waals surface area contributed by atoms with Crippen molar-refractivity contribution in [3.63, 3.8) is 0 Å². The Morgan fingerprint density at radius 3 is 2.54 bits per heavy atom. The maximum atomic E-state index is 12.1. The number of carbonyl (C=O) groups excluding carboxylic acids is 1. The van der Waals surface area contributed by atoms with Crippen molar-refractivity contribution in [2.45, 2.75) is 6.92 Å². The molecule has 0 saturated heterocycles. The maximum absolute atomic E-state index is 12.1. The fourth-order valence-corrected chi connectivity index (χ4v) is 2.56. The van der Waals surface area contributed by atoms with E-state index in [0.29, 0.717) is 22.6 Å². The molecule has 0 atom stereocenters. The van der Waals surface area contributed by atoms with Gasteiger partial charge in [-0.05, 0) is 43.3 Å². The number of nitrogens with zero attached hydrogens (tertiary/aromatic N) is 1. The number of benzene rings is 2. The van der Waals surface area contributed by atoms with E-state index in [1.807, 2.05) is 19.1 Å². The molecule has 2 aromatic carbocycles. The Balaban J connectivity index is 1.80. The van der Waals surface area contributed by atoms with E-state index in [1.165, 1.54) is 18.2 Å². The first-order valence-corrected chi connectivity index (χ1v) is 8.15. The van der Waals surface area contributed by atoms with E-state index in [9.17, 15) is 14.9 Å². The van der Waals surface area contributed by atoms with Crippen LogP contribution in [0, 0.1) is 17.0 Å². The molecule has 1 heterocycles. The van der Waals surface area contributed by atoms with Gasteiger partial charge in [0.15, 0.2) is 5.78 Å². The Bertz CT molecular complexity index is 1000. The standard InChI is InChI=1S/C20H14ClNO4/c1-13-2-4-14(5-3-13)19(23)10-7-16-8-11-20(26-16)15-6-9-17(21)18(12-15)22(24)25/h2-12H,1H3/b10-7+. The van der Waals surface area contributed by atoms with Crippen LogP contribution in [0.25, 0.3) is 17.4 Å². The predicted molar refractivity (Wildman–Crippen MR) is 100 cm³/mol. The lowest BCUT2D eigenvalue weighted by Crippen LogP contribution is -1.93. The topological polar surface area (TPSA) is 73.3 Å². The van der Waals surface area contributed by atoms with Crippen molar-refractivity contribution in [3.8, 4) is 11.3 Å². The maximum Gasteiger partial charge on any atom is 0.288 e. The number of hydrogen-bond donors (Lipinski definition) is 0. The van der Waals surface area contributed by atoms with E-state index in [0.717, 1.165) is 5.56 Å². The lowest BCUT2D eigenvalue weighted by atomic mass is 10.1. The molecule has 0 aliphatic rings. The SMILES string of the molecule is Cc1ccc(C(=O)/C=C/c2ccc(-c3ccc(Cl)c([N+](=O)[O-])c3)o2)cc1. The second-order valence-electron chi connectivity index (χ2n) is 5.69. The van der Waals surface area contributed by atoms with Crippen molar-refractivity contribution in [2.75, 3.05) is 0 Å². The van der Waals surface area contributed by atoms with Gasteiger partial charge in [-0.15, -0.1) is 0 Å². The lowest BCUT2D eigenvalue weighted by molar-refractivity contribution is -0.384. The lowest BCUT2D eigenvalue weighted by Gasteiger charge is -1.99. The Labute approximate surface area is 154 Å². The molecule has 5 nitrogen and oxygen atoms in total. The third kappa shape index (κ3) is 3.90. The molecule has 0 N–H and O–H groups in total. The minimum Gasteiger partial charge on any atom is -0.457 e. The molecule has 0 bridgehead atoms. The Morgan fingerprint density at radius 1 is 1.12 bits per heavy atom. The number of hydrogen-bond acceptors (Lipinski definition) is 4. The molecule has 0 aliphatic heterocycles. The van der Waals surface area contributed by atoms with Crippen LogP contribution in [0.1, 0.15) is 21.7 Å². The number of halogens is 1. The van der Waals surface area contributed by atoms with E-state index in [4.69, 9.17) is 16.0 Å². The van der Waals surface area contributed by atoms with Crippen LogP contribution < -0.4 is 0 Å². The van der Waals surface area contributed by atoms with Crippen molar-refractivity contribution >= 4 is 29.1 Å². The molecule has 3 rings (SSSR count). The second-order valence-corrected chi connectivity index (χ2v) is 6.10. The highest BCUT2D eigenvalue weighted by Crippen LogP contribution is 2.31. The smallest absolute Gasteiger partial charge is 0.288 e. The van der Waals surface area contributed by atoms with Crippen LogP contribution in [0.3, 0.4) is 0 Å². The summed E-state index contributed by atoms with van der Waals surface area (Å²) in [4.78, 5) is 22.6. The number of aryl methyl sites for hydroxylation is 1. The van der Waals surface area contributed by atoms with Crippen LogP contribution in [0.4, 0.5) is 5.69 Å². The van der Waals surface area contributed by atoms with E-state index >= 15 is 0 Å². The molecule has 130 valence electrons. The minimum atomic E-state index is -0.546. The van der Waals surface area contributed by atoms with Gasteiger partial charge in [-0.1, -0.05) is 41.4 Å². The van der Waals surface area contributed by atoms with Gasteiger partial charge >= 0.3 is 0 Å². The summed E-state index contributed by atoms with van der Waals surface area (Å²) in [5.74, 6) is 0.787. The number of rotatable bonds is 5. The number of carbonyl (C=O) groups is 1. The van der Waals surface area contributed by atoms with Crippen LogP contribution >= 0.6 is 11.6 Å². The molecule has 6 heteroatoms. The first-order chi connectivity index (χ1) is 12.4. The Morgan fingerprint density at radius 2 is 1.85 bits per heavy atom. The number of furan rings is 1. The molecular formula is C20H14ClNO4. The van der Waals surface area contributed by atoms with E-state index < -0.39 is 4.92 Å². The van der Waals surface area contributed by atoms with Crippen LogP contribution in [0.15, 0.2) is 65.1 Å². The normalized spacial score (nSPS) is 11.0. The van der Waals surface area contributed by atoms with E-state index in [-0.39, 0.29) is 16.5 Å². The Kier molecular flexibility index (Phi) is 5.00. The molecule has 0 fully saturated rings. The predicted octanol–water partition coefficient (Wildman–Crippen LogP) is 5.71. The fraction of sp³-hybridized carbons (Fsp3) is 0.0500. The molecule has 26 heavy (non-hydrogen) atoms. The minimum absolute atomic E-state index is 0.0640. The molecule has 0 amide bonds. The molecule has 0 radical (unpaired) electrons. The van der Waals surface area contributed by atoms with E-state index in [2.05, 4.69) is 0 Å². The van der Waals surface area contributed by atoms with Gasteiger partial charge in [-0.2, -0.15) is 0 Å². The summed E-state index contributed by atoms with van der Waals surface area (Å²) >= 11 is 5.82. The Hall–Kier alpha value is -3.18. The third-order valence-electron chi connectivity index (χ3n) is 3.79. The van der Waals surface area contributed by atoms with Gasteiger partial charge in [-0.3, -0.25) is 14.9 Å². The summed E-state index contributed by atoms with van der Waals surface area (Å²) in [5, 5.41) is 11.0. The molecule has 0 unspecified atom stereocenters. The quantitative estimate of drug-likeness (QED) is 0.250.